The molecule has 4 heteroatoms. The fourth-order valence-corrected chi connectivity index (χ4v) is 8.18. The quantitative estimate of drug-likeness (QED) is 0.344. The molecule has 0 aromatic heterocycles. The van der Waals surface area contributed by atoms with Crippen LogP contribution < -0.4 is 5.73 Å². The minimum absolute atomic E-state index is 0.414. The summed E-state index contributed by atoms with van der Waals surface area (Å²) < 4.78 is 0. The number of allylic oxidation sites excluding steroid dienone is 1. The molecule has 0 saturated heterocycles. The van der Waals surface area contributed by atoms with Crippen molar-refractivity contribution in [3.8, 4) is 0 Å². The van der Waals surface area contributed by atoms with E-state index >= 15 is 0 Å². The van der Waals surface area contributed by atoms with Crippen LogP contribution in [0, 0.1) is 34.5 Å². The van der Waals surface area contributed by atoms with Crippen LogP contribution in [0.15, 0.2) is 16.8 Å². The SMILES string of the molecule is CCC(C=NOCCN)=C[C@]1(O)CC[C@@]2(C)[C@H](CC[C@H]3[C@@H]4CCC[C@@]4(C)CC[C@@H]32)C1. The van der Waals surface area contributed by atoms with Crippen LogP contribution in [0.4, 0.5) is 0 Å². The van der Waals surface area contributed by atoms with Crippen LogP contribution in [0.25, 0.3) is 0 Å². The Balaban J connectivity index is 1.47. The molecule has 4 aliphatic rings. The van der Waals surface area contributed by atoms with Gasteiger partial charge in [0.25, 0.3) is 0 Å². The fourth-order valence-electron chi connectivity index (χ4n) is 8.18. The Morgan fingerprint density at radius 2 is 1.93 bits per heavy atom. The second-order valence-corrected chi connectivity index (χ2v) is 11.5. The lowest BCUT2D eigenvalue weighted by molar-refractivity contribution is -0.135. The fraction of sp³-hybridized carbons (Fsp3) is 0.885. The molecule has 0 aliphatic heterocycles. The zero-order chi connectivity index (χ0) is 21.4. The molecule has 3 N–H and O–H groups in total. The molecular formula is C26H44N2O2. The van der Waals surface area contributed by atoms with Crippen molar-refractivity contribution in [1.29, 1.82) is 0 Å². The third kappa shape index (κ3) is 3.99. The van der Waals surface area contributed by atoms with E-state index in [0.717, 1.165) is 49.0 Å². The predicted octanol–water partition coefficient (Wildman–Crippen LogP) is 5.45. The second-order valence-electron chi connectivity index (χ2n) is 11.5. The first-order valence-corrected chi connectivity index (χ1v) is 12.6. The first-order chi connectivity index (χ1) is 14.3. The summed E-state index contributed by atoms with van der Waals surface area (Å²) in [6.07, 6.45) is 17.6. The smallest absolute Gasteiger partial charge is 0.129 e. The summed E-state index contributed by atoms with van der Waals surface area (Å²) in [4.78, 5) is 5.16. The highest BCUT2D eigenvalue weighted by Crippen LogP contribution is 2.66. The topological polar surface area (TPSA) is 67.8 Å². The highest BCUT2D eigenvalue weighted by atomic mass is 16.6. The number of oxime groups is 1. The van der Waals surface area contributed by atoms with E-state index in [-0.39, 0.29) is 0 Å². The number of hydrogen-bond donors (Lipinski definition) is 2. The maximum atomic E-state index is 11.5. The summed E-state index contributed by atoms with van der Waals surface area (Å²) in [6.45, 7) is 8.18. The Bertz CT molecular complexity index is 676. The van der Waals surface area contributed by atoms with Gasteiger partial charge in [-0.05, 0) is 110 Å². The molecule has 0 spiro atoms. The molecule has 30 heavy (non-hydrogen) atoms. The van der Waals surface area contributed by atoms with Gasteiger partial charge in [0.05, 0.1) is 11.8 Å². The standard InChI is InChI=1S/C26H44N2O2/c1-4-19(18-28-30-15-14-27)16-26(29)13-12-25(3)20(17-26)7-8-21-22-6-5-10-24(22,2)11-9-23(21)25/h16,18,20-23,29H,4-15,17,27H2,1-3H3/t20-,21+,22+,23+,24+,25+,26-/m1/s1. The lowest BCUT2D eigenvalue weighted by Gasteiger charge is -2.61. The van der Waals surface area contributed by atoms with Gasteiger partial charge in [0.2, 0.25) is 0 Å². The van der Waals surface area contributed by atoms with Crippen LogP contribution in [0.3, 0.4) is 0 Å². The zero-order valence-corrected chi connectivity index (χ0v) is 19.5. The summed E-state index contributed by atoms with van der Waals surface area (Å²) in [5.74, 6) is 3.42. The Kier molecular flexibility index (Phi) is 6.38. The molecule has 0 aromatic carbocycles. The summed E-state index contributed by atoms with van der Waals surface area (Å²) in [5.41, 5.74) is 6.86. The normalized spacial score (nSPS) is 46.4. The van der Waals surface area contributed by atoms with Crippen LogP contribution in [0.2, 0.25) is 0 Å². The molecule has 4 rings (SSSR count). The molecule has 0 radical (unpaired) electrons. The number of fused-ring (bicyclic) bond motifs is 5. The molecule has 4 fully saturated rings. The highest BCUT2D eigenvalue weighted by Gasteiger charge is 2.59. The van der Waals surface area contributed by atoms with E-state index in [1.807, 2.05) is 0 Å². The molecule has 0 amide bonds. The van der Waals surface area contributed by atoms with Gasteiger partial charge in [0.15, 0.2) is 0 Å². The van der Waals surface area contributed by atoms with E-state index in [0.29, 0.717) is 29.9 Å². The molecule has 4 aliphatic carbocycles. The van der Waals surface area contributed by atoms with E-state index in [2.05, 4.69) is 32.0 Å². The van der Waals surface area contributed by atoms with Crippen LogP contribution in [-0.4, -0.2) is 30.1 Å². The summed E-state index contributed by atoms with van der Waals surface area (Å²) in [5, 5.41) is 15.5. The van der Waals surface area contributed by atoms with Gasteiger partial charge >= 0.3 is 0 Å². The Labute approximate surface area is 183 Å². The van der Waals surface area contributed by atoms with Gasteiger partial charge in [-0.15, -0.1) is 0 Å². The van der Waals surface area contributed by atoms with Crippen LogP contribution >= 0.6 is 0 Å². The number of hydrogen-bond acceptors (Lipinski definition) is 4. The van der Waals surface area contributed by atoms with Crippen molar-refractivity contribution in [2.45, 2.75) is 97.0 Å². The zero-order valence-electron chi connectivity index (χ0n) is 19.5. The molecule has 4 saturated carbocycles. The number of rotatable bonds is 6. The van der Waals surface area contributed by atoms with Crippen molar-refractivity contribution >= 4 is 6.21 Å². The van der Waals surface area contributed by atoms with E-state index < -0.39 is 5.60 Å². The van der Waals surface area contributed by atoms with Gasteiger partial charge in [-0.1, -0.05) is 32.3 Å². The van der Waals surface area contributed by atoms with E-state index in [1.165, 1.54) is 44.9 Å². The Hall–Kier alpha value is -0.870. The van der Waals surface area contributed by atoms with Crippen LogP contribution in [0.5, 0.6) is 0 Å². The largest absolute Gasteiger partial charge is 0.394 e. The molecule has 7 atom stereocenters. The van der Waals surface area contributed by atoms with Gasteiger partial charge in [-0.25, -0.2) is 0 Å². The van der Waals surface area contributed by atoms with Crippen molar-refractivity contribution < 1.29 is 9.94 Å². The molecule has 0 aromatic rings. The first kappa shape index (κ1) is 22.3. The highest BCUT2D eigenvalue weighted by molar-refractivity contribution is 5.78. The van der Waals surface area contributed by atoms with E-state index in [9.17, 15) is 5.11 Å². The van der Waals surface area contributed by atoms with Crippen LogP contribution in [-0.2, 0) is 4.84 Å². The van der Waals surface area contributed by atoms with Crippen molar-refractivity contribution in [2.24, 2.45) is 45.4 Å². The van der Waals surface area contributed by atoms with E-state index in [1.54, 1.807) is 6.21 Å². The average molecular weight is 417 g/mol. The van der Waals surface area contributed by atoms with Crippen molar-refractivity contribution in [2.75, 3.05) is 13.2 Å². The van der Waals surface area contributed by atoms with Gasteiger partial charge in [-0.3, -0.25) is 0 Å². The molecule has 170 valence electrons. The number of nitrogens with zero attached hydrogens (tertiary/aromatic N) is 1. The van der Waals surface area contributed by atoms with Gasteiger partial charge < -0.3 is 15.7 Å². The van der Waals surface area contributed by atoms with Gasteiger partial charge in [-0.2, -0.15) is 0 Å². The van der Waals surface area contributed by atoms with Gasteiger partial charge in [0.1, 0.15) is 6.61 Å². The third-order valence-corrected chi connectivity index (χ3v) is 9.91. The molecular weight excluding hydrogens is 372 g/mol. The summed E-state index contributed by atoms with van der Waals surface area (Å²) in [6, 6.07) is 0. The molecule has 0 heterocycles. The lowest BCUT2D eigenvalue weighted by Crippen LogP contribution is -2.55. The average Bonchev–Trinajstić information content (AvgIpc) is 3.13. The van der Waals surface area contributed by atoms with E-state index in [4.69, 9.17) is 10.6 Å². The maximum absolute atomic E-state index is 11.5. The Morgan fingerprint density at radius 3 is 2.70 bits per heavy atom. The summed E-state index contributed by atoms with van der Waals surface area (Å²) in [7, 11) is 0. The number of nitrogens with two attached hydrogens (primary N) is 1. The van der Waals surface area contributed by atoms with Crippen LogP contribution in [0.1, 0.15) is 91.4 Å². The second kappa shape index (κ2) is 8.58. The Morgan fingerprint density at radius 1 is 1.10 bits per heavy atom. The predicted molar refractivity (Wildman–Crippen MR) is 123 cm³/mol. The van der Waals surface area contributed by atoms with Crippen molar-refractivity contribution in [1.82, 2.24) is 0 Å². The monoisotopic (exact) mass is 416 g/mol. The third-order valence-electron chi connectivity index (χ3n) is 9.91. The molecule has 0 bridgehead atoms. The maximum Gasteiger partial charge on any atom is 0.129 e. The molecule has 4 nitrogen and oxygen atoms in total. The van der Waals surface area contributed by atoms with Crippen molar-refractivity contribution in [3.05, 3.63) is 11.6 Å². The summed E-state index contributed by atoms with van der Waals surface area (Å²) >= 11 is 0. The lowest BCUT2D eigenvalue weighted by atomic mass is 9.44. The van der Waals surface area contributed by atoms with Crippen molar-refractivity contribution in [3.63, 3.8) is 0 Å². The van der Waals surface area contributed by atoms with Gasteiger partial charge in [0, 0.05) is 6.54 Å². The first-order valence-electron chi connectivity index (χ1n) is 12.6. The molecule has 0 unspecified atom stereocenters. The minimum atomic E-state index is -0.696. The minimum Gasteiger partial charge on any atom is -0.394 e. The number of aliphatic hydroxyl groups is 1.